The van der Waals surface area contributed by atoms with Crippen molar-refractivity contribution >= 4 is 23.5 Å². The van der Waals surface area contributed by atoms with Gasteiger partial charge in [-0.2, -0.15) is 0 Å². The van der Waals surface area contributed by atoms with Crippen molar-refractivity contribution in [2.75, 3.05) is 12.4 Å². The molecule has 2 rings (SSSR count). The summed E-state index contributed by atoms with van der Waals surface area (Å²) in [4.78, 5) is 34.8. The lowest BCUT2D eigenvalue weighted by Crippen LogP contribution is -2.27. The van der Waals surface area contributed by atoms with Crippen LogP contribution in [0.25, 0.3) is 0 Å². The standard InChI is InChI=1S/C12H10N2O4/c1-14-10(15)6-9(11(14)16)13-8-5-3-2-4-7(8)12(17)18/h2-6,13H,1H3,(H,17,18). The van der Waals surface area contributed by atoms with Gasteiger partial charge in [0.2, 0.25) is 0 Å². The topological polar surface area (TPSA) is 86.7 Å². The average Bonchev–Trinajstić information content (AvgIpc) is 2.57. The zero-order chi connectivity index (χ0) is 13.3. The number of aromatic carboxylic acids is 1. The molecule has 0 radical (unpaired) electrons. The maximum Gasteiger partial charge on any atom is 0.337 e. The zero-order valence-corrected chi connectivity index (χ0v) is 9.51. The molecule has 0 bridgehead atoms. The molecule has 2 amide bonds. The molecule has 1 aliphatic heterocycles. The molecule has 18 heavy (non-hydrogen) atoms. The number of nitrogens with one attached hydrogen (secondary N) is 1. The number of hydrogen-bond acceptors (Lipinski definition) is 4. The van der Waals surface area contributed by atoms with Crippen molar-refractivity contribution in [2.24, 2.45) is 0 Å². The van der Waals surface area contributed by atoms with Crippen LogP contribution in [0.5, 0.6) is 0 Å². The Hall–Kier alpha value is -2.63. The summed E-state index contributed by atoms with van der Waals surface area (Å²) < 4.78 is 0. The number of carboxylic acids is 1. The predicted octanol–water partition coefficient (Wildman–Crippen LogP) is 0.679. The van der Waals surface area contributed by atoms with Crippen LogP contribution in [-0.4, -0.2) is 34.8 Å². The van der Waals surface area contributed by atoms with Crippen molar-refractivity contribution in [2.45, 2.75) is 0 Å². The van der Waals surface area contributed by atoms with Crippen molar-refractivity contribution in [3.63, 3.8) is 0 Å². The first-order chi connectivity index (χ1) is 8.50. The molecule has 0 saturated heterocycles. The van der Waals surface area contributed by atoms with Gasteiger partial charge in [0.05, 0.1) is 11.3 Å². The molecule has 0 aromatic heterocycles. The van der Waals surface area contributed by atoms with Gasteiger partial charge in [0.25, 0.3) is 11.8 Å². The van der Waals surface area contributed by atoms with Crippen molar-refractivity contribution in [3.05, 3.63) is 41.6 Å². The summed E-state index contributed by atoms with van der Waals surface area (Å²) in [5.41, 5.74) is 0.372. The number of hydrogen-bond donors (Lipinski definition) is 2. The molecule has 2 N–H and O–H groups in total. The Labute approximate surface area is 103 Å². The minimum Gasteiger partial charge on any atom is -0.478 e. The van der Waals surface area contributed by atoms with Gasteiger partial charge in [-0.05, 0) is 12.1 Å². The van der Waals surface area contributed by atoms with Gasteiger partial charge < -0.3 is 10.4 Å². The fourth-order valence-corrected chi connectivity index (χ4v) is 1.58. The van der Waals surface area contributed by atoms with Crippen molar-refractivity contribution in [1.29, 1.82) is 0 Å². The zero-order valence-electron chi connectivity index (χ0n) is 9.51. The van der Waals surface area contributed by atoms with E-state index in [1.165, 1.54) is 19.2 Å². The molecule has 6 nitrogen and oxygen atoms in total. The van der Waals surface area contributed by atoms with Crippen molar-refractivity contribution in [1.82, 2.24) is 4.90 Å². The summed E-state index contributed by atoms with van der Waals surface area (Å²) in [5.74, 6) is -2.03. The smallest absolute Gasteiger partial charge is 0.337 e. The molecule has 1 aliphatic rings. The van der Waals surface area contributed by atoms with Crippen LogP contribution >= 0.6 is 0 Å². The highest BCUT2D eigenvalue weighted by Crippen LogP contribution is 2.20. The van der Waals surface area contributed by atoms with Gasteiger partial charge in [-0.15, -0.1) is 0 Å². The first-order valence-corrected chi connectivity index (χ1v) is 5.14. The van der Waals surface area contributed by atoms with Crippen LogP contribution in [0, 0.1) is 0 Å². The van der Waals surface area contributed by atoms with Gasteiger partial charge in [0.1, 0.15) is 5.70 Å². The van der Waals surface area contributed by atoms with Crippen LogP contribution in [0.1, 0.15) is 10.4 Å². The fraction of sp³-hybridized carbons (Fsp3) is 0.0833. The lowest BCUT2D eigenvalue weighted by atomic mass is 10.1. The SMILES string of the molecule is CN1C(=O)C=C(Nc2ccccc2C(=O)O)C1=O. The Morgan fingerprint density at radius 1 is 1.28 bits per heavy atom. The molecule has 0 unspecified atom stereocenters. The molecule has 0 aliphatic carbocycles. The van der Waals surface area contributed by atoms with E-state index >= 15 is 0 Å². The van der Waals surface area contributed by atoms with Crippen LogP contribution in [0.3, 0.4) is 0 Å². The quantitative estimate of drug-likeness (QED) is 0.766. The number of anilines is 1. The number of amides is 2. The normalized spacial score (nSPS) is 14.7. The minimum atomic E-state index is -1.11. The molecule has 0 saturated carbocycles. The van der Waals surface area contributed by atoms with Crippen molar-refractivity contribution in [3.8, 4) is 0 Å². The highest BCUT2D eigenvalue weighted by molar-refractivity contribution is 6.17. The van der Waals surface area contributed by atoms with Gasteiger partial charge in [-0.1, -0.05) is 12.1 Å². The molecular weight excluding hydrogens is 236 g/mol. The van der Waals surface area contributed by atoms with Crippen LogP contribution in [0.2, 0.25) is 0 Å². The average molecular weight is 246 g/mol. The largest absolute Gasteiger partial charge is 0.478 e. The van der Waals surface area contributed by atoms with Gasteiger partial charge in [0.15, 0.2) is 0 Å². The first kappa shape index (κ1) is 11.8. The lowest BCUT2D eigenvalue weighted by Gasteiger charge is -2.10. The number of likely N-dealkylation sites (N-methyl/N-ethyl adjacent to an activating group) is 1. The molecule has 0 spiro atoms. The lowest BCUT2D eigenvalue weighted by molar-refractivity contribution is -0.135. The summed E-state index contributed by atoms with van der Waals surface area (Å²) in [6.07, 6.45) is 1.14. The maximum atomic E-state index is 11.6. The van der Waals surface area contributed by atoms with E-state index in [0.29, 0.717) is 0 Å². The summed E-state index contributed by atoms with van der Waals surface area (Å²) in [5, 5.41) is 11.7. The fourth-order valence-electron chi connectivity index (χ4n) is 1.58. The molecule has 6 heteroatoms. The Kier molecular flexibility index (Phi) is 2.85. The maximum absolute atomic E-state index is 11.6. The molecule has 92 valence electrons. The first-order valence-electron chi connectivity index (χ1n) is 5.14. The number of carbonyl (C=O) groups is 3. The van der Waals surface area contributed by atoms with E-state index in [2.05, 4.69) is 5.32 Å². The van der Waals surface area contributed by atoms with Crippen molar-refractivity contribution < 1.29 is 19.5 Å². The summed E-state index contributed by atoms with van der Waals surface area (Å²) >= 11 is 0. The van der Waals surface area contributed by atoms with E-state index < -0.39 is 17.8 Å². The Bertz CT molecular complexity index is 577. The second kappa shape index (κ2) is 4.33. The number of carbonyl (C=O) groups excluding carboxylic acids is 2. The van der Waals surface area contributed by atoms with Crippen LogP contribution in [0.4, 0.5) is 5.69 Å². The molecule has 1 aromatic rings. The molecular formula is C12H10N2O4. The number of benzene rings is 1. The van der Waals surface area contributed by atoms with Gasteiger partial charge in [-0.3, -0.25) is 14.5 Å². The van der Waals surface area contributed by atoms with E-state index in [-0.39, 0.29) is 16.9 Å². The summed E-state index contributed by atoms with van der Waals surface area (Å²) in [6, 6.07) is 6.16. The molecule has 1 heterocycles. The Balaban J connectivity index is 2.31. The predicted molar refractivity (Wildman–Crippen MR) is 62.9 cm³/mol. The highest BCUT2D eigenvalue weighted by atomic mass is 16.4. The number of rotatable bonds is 3. The van der Waals surface area contributed by atoms with E-state index in [0.717, 1.165) is 11.0 Å². The number of imide groups is 1. The van der Waals surface area contributed by atoms with Gasteiger partial charge >= 0.3 is 5.97 Å². The van der Waals surface area contributed by atoms with E-state index in [1.54, 1.807) is 12.1 Å². The third kappa shape index (κ3) is 1.95. The highest BCUT2D eigenvalue weighted by Gasteiger charge is 2.28. The van der Waals surface area contributed by atoms with Gasteiger partial charge in [-0.25, -0.2) is 4.79 Å². The van der Waals surface area contributed by atoms with Gasteiger partial charge in [0, 0.05) is 13.1 Å². The number of para-hydroxylation sites is 1. The van der Waals surface area contributed by atoms with Crippen LogP contribution in [0.15, 0.2) is 36.0 Å². The third-order valence-corrected chi connectivity index (χ3v) is 2.56. The van der Waals surface area contributed by atoms with Crippen LogP contribution < -0.4 is 5.32 Å². The minimum absolute atomic E-state index is 0.0354. The summed E-state index contributed by atoms with van der Waals surface area (Å²) in [7, 11) is 1.36. The van der Waals surface area contributed by atoms with E-state index in [1.807, 2.05) is 0 Å². The second-order valence-corrected chi connectivity index (χ2v) is 3.74. The Morgan fingerprint density at radius 3 is 2.50 bits per heavy atom. The number of nitrogens with zero attached hydrogens (tertiary/aromatic N) is 1. The second-order valence-electron chi connectivity index (χ2n) is 3.74. The summed E-state index contributed by atoms with van der Waals surface area (Å²) in [6.45, 7) is 0. The van der Waals surface area contributed by atoms with E-state index in [4.69, 9.17) is 5.11 Å². The van der Waals surface area contributed by atoms with Crippen LogP contribution in [-0.2, 0) is 9.59 Å². The molecule has 0 atom stereocenters. The third-order valence-electron chi connectivity index (χ3n) is 2.56. The molecule has 0 fully saturated rings. The number of carboxylic acid groups (broad SMARTS) is 1. The Morgan fingerprint density at radius 2 is 1.94 bits per heavy atom. The molecule has 1 aromatic carbocycles. The monoisotopic (exact) mass is 246 g/mol. The van der Waals surface area contributed by atoms with E-state index in [9.17, 15) is 14.4 Å².